The van der Waals surface area contributed by atoms with Crippen molar-refractivity contribution in [1.82, 2.24) is 0 Å². The molecule has 13 heavy (non-hydrogen) atoms. The molecule has 0 aliphatic carbocycles. The number of hydrogen-bond acceptors (Lipinski definition) is 2. The SMILES string of the molecule is CCCCCc1cc(=O)cc(C)o1. The molecule has 0 saturated heterocycles. The predicted molar refractivity (Wildman–Crippen MR) is 52.9 cm³/mol. The van der Waals surface area contributed by atoms with Gasteiger partial charge in [0, 0.05) is 18.6 Å². The van der Waals surface area contributed by atoms with Gasteiger partial charge in [-0.3, -0.25) is 4.79 Å². The Bertz CT molecular complexity index is 312. The number of rotatable bonds is 4. The smallest absolute Gasteiger partial charge is 0.185 e. The number of unbranched alkanes of at least 4 members (excludes halogenated alkanes) is 2. The summed E-state index contributed by atoms with van der Waals surface area (Å²) in [5.41, 5.74) is 0.0512. The van der Waals surface area contributed by atoms with Crippen molar-refractivity contribution in [2.24, 2.45) is 0 Å². The molecule has 2 nitrogen and oxygen atoms in total. The van der Waals surface area contributed by atoms with Crippen LogP contribution >= 0.6 is 0 Å². The quantitative estimate of drug-likeness (QED) is 0.667. The molecule has 1 aromatic rings. The van der Waals surface area contributed by atoms with Gasteiger partial charge in [0.15, 0.2) is 5.43 Å². The number of hydrogen-bond donors (Lipinski definition) is 0. The average molecular weight is 180 g/mol. The zero-order valence-electron chi connectivity index (χ0n) is 8.30. The molecule has 72 valence electrons. The molecule has 0 aromatic carbocycles. The maximum Gasteiger partial charge on any atom is 0.185 e. The largest absolute Gasteiger partial charge is 0.466 e. The normalized spacial score (nSPS) is 10.3. The molecule has 1 aromatic heterocycles. The fraction of sp³-hybridized carbons (Fsp3) is 0.545. The molecule has 0 saturated carbocycles. The maximum absolute atomic E-state index is 11.1. The summed E-state index contributed by atoms with van der Waals surface area (Å²) in [6.45, 7) is 3.97. The van der Waals surface area contributed by atoms with Gasteiger partial charge in [0.25, 0.3) is 0 Å². The van der Waals surface area contributed by atoms with Crippen molar-refractivity contribution in [3.63, 3.8) is 0 Å². The van der Waals surface area contributed by atoms with E-state index in [4.69, 9.17) is 4.42 Å². The Morgan fingerprint density at radius 2 is 2.08 bits per heavy atom. The molecule has 0 N–H and O–H groups in total. The minimum absolute atomic E-state index is 0.0512. The van der Waals surface area contributed by atoms with Crippen LogP contribution in [0.15, 0.2) is 21.3 Å². The maximum atomic E-state index is 11.1. The minimum atomic E-state index is 0.0512. The van der Waals surface area contributed by atoms with Crippen LogP contribution in [0, 0.1) is 6.92 Å². The van der Waals surface area contributed by atoms with Gasteiger partial charge in [0.2, 0.25) is 0 Å². The summed E-state index contributed by atoms with van der Waals surface area (Å²) in [4.78, 5) is 11.1. The molecule has 0 atom stereocenters. The van der Waals surface area contributed by atoms with Gasteiger partial charge in [-0.1, -0.05) is 19.8 Å². The topological polar surface area (TPSA) is 30.2 Å². The molecule has 0 spiro atoms. The molecule has 0 fully saturated rings. The van der Waals surface area contributed by atoms with Gasteiger partial charge >= 0.3 is 0 Å². The fourth-order valence-corrected chi connectivity index (χ4v) is 1.34. The predicted octanol–water partition coefficient (Wildman–Crippen LogP) is 2.68. The molecule has 0 bridgehead atoms. The summed E-state index contributed by atoms with van der Waals surface area (Å²) in [6, 6.07) is 3.10. The first-order valence-corrected chi connectivity index (χ1v) is 4.83. The lowest BCUT2D eigenvalue weighted by molar-refractivity contribution is 0.454. The molecule has 1 rings (SSSR count). The summed E-state index contributed by atoms with van der Waals surface area (Å²) >= 11 is 0. The van der Waals surface area contributed by atoms with Crippen LogP contribution in [0.4, 0.5) is 0 Å². The second-order valence-corrected chi connectivity index (χ2v) is 3.33. The second kappa shape index (κ2) is 4.85. The first-order chi connectivity index (χ1) is 6.22. The monoisotopic (exact) mass is 180 g/mol. The van der Waals surface area contributed by atoms with E-state index in [2.05, 4.69) is 6.92 Å². The summed E-state index contributed by atoms with van der Waals surface area (Å²) in [6.07, 6.45) is 4.36. The fourth-order valence-electron chi connectivity index (χ4n) is 1.34. The molecule has 0 aliphatic rings. The molecule has 1 heterocycles. The van der Waals surface area contributed by atoms with Crippen LogP contribution in [0.3, 0.4) is 0 Å². The lowest BCUT2D eigenvalue weighted by Gasteiger charge is -2.00. The van der Waals surface area contributed by atoms with Gasteiger partial charge in [-0.2, -0.15) is 0 Å². The van der Waals surface area contributed by atoms with Crippen molar-refractivity contribution >= 4 is 0 Å². The summed E-state index contributed by atoms with van der Waals surface area (Å²) in [5.74, 6) is 1.53. The zero-order valence-corrected chi connectivity index (χ0v) is 8.30. The third-order valence-electron chi connectivity index (χ3n) is 1.97. The van der Waals surface area contributed by atoms with Gasteiger partial charge in [0.05, 0.1) is 0 Å². The Morgan fingerprint density at radius 1 is 1.31 bits per heavy atom. The molecule has 0 radical (unpaired) electrons. The van der Waals surface area contributed by atoms with Gasteiger partial charge in [-0.05, 0) is 13.3 Å². The average Bonchev–Trinajstić information content (AvgIpc) is 2.03. The van der Waals surface area contributed by atoms with Crippen LogP contribution < -0.4 is 5.43 Å². The van der Waals surface area contributed by atoms with Crippen molar-refractivity contribution in [2.45, 2.75) is 39.5 Å². The van der Waals surface area contributed by atoms with Crippen LogP contribution in [0.5, 0.6) is 0 Å². The zero-order chi connectivity index (χ0) is 9.68. The highest BCUT2D eigenvalue weighted by Gasteiger charge is 1.98. The van der Waals surface area contributed by atoms with E-state index in [0.717, 1.165) is 18.6 Å². The third-order valence-corrected chi connectivity index (χ3v) is 1.97. The molecule has 2 heteroatoms. The van der Waals surface area contributed by atoms with E-state index in [1.54, 1.807) is 6.07 Å². The molecular formula is C11H16O2. The van der Waals surface area contributed by atoms with Crippen LogP contribution in [-0.2, 0) is 6.42 Å². The molecular weight excluding hydrogens is 164 g/mol. The van der Waals surface area contributed by atoms with Crippen LogP contribution in [0.25, 0.3) is 0 Å². The summed E-state index contributed by atoms with van der Waals surface area (Å²) < 4.78 is 5.40. The molecule has 0 amide bonds. The van der Waals surface area contributed by atoms with Gasteiger partial charge < -0.3 is 4.42 Å². The summed E-state index contributed by atoms with van der Waals surface area (Å²) in [7, 11) is 0. The van der Waals surface area contributed by atoms with Crippen molar-refractivity contribution in [1.29, 1.82) is 0 Å². The van der Waals surface area contributed by atoms with Gasteiger partial charge in [-0.25, -0.2) is 0 Å². The Morgan fingerprint density at radius 3 is 2.69 bits per heavy atom. The minimum Gasteiger partial charge on any atom is -0.466 e. The van der Waals surface area contributed by atoms with Gasteiger partial charge in [0.1, 0.15) is 11.5 Å². The van der Waals surface area contributed by atoms with Crippen molar-refractivity contribution in [3.8, 4) is 0 Å². The standard InChI is InChI=1S/C11H16O2/c1-3-4-5-6-11-8-10(12)7-9(2)13-11/h7-8H,3-6H2,1-2H3. The van der Waals surface area contributed by atoms with Crippen molar-refractivity contribution < 1.29 is 4.42 Å². The molecule has 0 unspecified atom stereocenters. The Labute approximate surface area is 78.6 Å². The van der Waals surface area contributed by atoms with Crippen molar-refractivity contribution in [2.75, 3.05) is 0 Å². The van der Waals surface area contributed by atoms with E-state index in [1.165, 1.54) is 18.9 Å². The Balaban J connectivity index is 2.61. The van der Waals surface area contributed by atoms with E-state index in [9.17, 15) is 4.79 Å². The van der Waals surface area contributed by atoms with Crippen molar-refractivity contribution in [3.05, 3.63) is 33.9 Å². The van der Waals surface area contributed by atoms with E-state index in [-0.39, 0.29) is 5.43 Å². The number of aryl methyl sites for hydroxylation is 2. The highest BCUT2D eigenvalue weighted by molar-refractivity contribution is 5.05. The lowest BCUT2D eigenvalue weighted by atomic mass is 10.1. The molecule has 0 aliphatic heterocycles. The highest BCUT2D eigenvalue weighted by atomic mass is 16.3. The second-order valence-electron chi connectivity index (χ2n) is 3.33. The first-order valence-electron chi connectivity index (χ1n) is 4.83. The van der Waals surface area contributed by atoms with Crippen LogP contribution in [0.2, 0.25) is 0 Å². The van der Waals surface area contributed by atoms with Crippen LogP contribution in [-0.4, -0.2) is 0 Å². The van der Waals surface area contributed by atoms with Crippen LogP contribution in [0.1, 0.15) is 37.7 Å². The van der Waals surface area contributed by atoms with E-state index < -0.39 is 0 Å². The summed E-state index contributed by atoms with van der Waals surface area (Å²) in [5, 5.41) is 0. The first kappa shape index (κ1) is 10.0. The lowest BCUT2D eigenvalue weighted by Crippen LogP contribution is -2.00. The Kier molecular flexibility index (Phi) is 3.74. The van der Waals surface area contributed by atoms with Gasteiger partial charge in [-0.15, -0.1) is 0 Å². The Hall–Kier alpha value is -1.05. The third kappa shape index (κ3) is 3.45. The van der Waals surface area contributed by atoms with E-state index >= 15 is 0 Å². The van der Waals surface area contributed by atoms with E-state index in [0.29, 0.717) is 5.76 Å². The highest BCUT2D eigenvalue weighted by Crippen LogP contribution is 2.06. The van der Waals surface area contributed by atoms with E-state index in [1.807, 2.05) is 6.92 Å².